The van der Waals surface area contributed by atoms with Crippen LogP contribution in [0.5, 0.6) is 0 Å². The van der Waals surface area contributed by atoms with E-state index in [1.165, 1.54) is 135 Å². The minimum Gasteiger partial charge on any atom is -0.394 e. The number of aliphatic hydroxyl groups excluding tert-OH is 2. The van der Waals surface area contributed by atoms with Gasteiger partial charge in [0.2, 0.25) is 5.91 Å². The second-order valence-electron chi connectivity index (χ2n) is 12.3. The van der Waals surface area contributed by atoms with Crippen LogP contribution < -0.4 is 5.32 Å². The summed E-state index contributed by atoms with van der Waals surface area (Å²) in [6.45, 7) is 4.21. The third kappa shape index (κ3) is 28.7. The Bertz CT molecular complexity index is 536. The maximum Gasteiger partial charge on any atom is 0.220 e. The molecule has 0 saturated heterocycles. The maximum atomic E-state index is 12.1. The van der Waals surface area contributed by atoms with Crippen molar-refractivity contribution in [1.82, 2.24) is 5.32 Å². The molecule has 0 rings (SSSR count). The van der Waals surface area contributed by atoms with Crippen LogP contribution in [0.3, 0.4) is 0 Å². The van der Waals surface area contributed by atoms with Gasteiger partial charge in [0.25, 0.3) is 0 Å². The fraction of sp³-hybridized carbons (Fsp3) is 0.917. The van der Waals surface area contributed by atoms with Crippen molar-refractivity contribution in [3.8, 4) is 0 Å². The first kappa shape index (κ1) is 39.1. The van der Waals surface area contributed by atoms with Crippen LogP contribution in [-0.4, -0.2) is 34.9 Å². The van der Waals surface area contributed by atoms with Crippen molar-refractivity contribution in [2.24, 2.45) is 0 Å². The molecular formula is C36H71NO3. The SMILES string of the molecule is CCCCCCCCCC/C=C\CCCCCCCCCCCCCCCC(=O)NC(CO)C(O)CCCCC. The van der Waals surface area contributed by atoms with Crippen LogP contribution in [0.15, 0.2) is 12.2 Å². The maximum absolute atomic E-state index is 12.1. The summed E-state index contributed by atoms with van der Waals surface area (Å²) in [6.07, 6.45) is 39.1. The number of hydrogen-bond donors (Lipinski definition) is 3. The number of hydrogen-bond acceptors (Lipinski definition) is 3. The van der Waals surface area contributed by atoms with Crippen LogP contribution in [0.25, 0.3) is 0 Å². The van der Waals surface area contributed by atoms with Gasteiger partial charge in [-0.2, -0.15) is 0 Å². The highest BCUT2D eigenvalue weighted by atomic mass is 16.3. The number of nitrogens with one attached hydrogen (secondary N) is 1. The molecule has 0 fully saturated rings. The van der Waals surface area contributed by atoms with E-state index < -0.39 is 12.1 Å². The third-order valence-electron chi connectivity index (χ3n) is 8.28. The summed E-state index contributed by atoms with van der Waals surface area (Å²) < 4.78 is 0. The van der Waals surface area contributed by atoms with Gasteiger partial charge in [-0.25, -0.2) is 0 Å². The Hall–Kier alpha value is -0.870. The van der Waals surface area contributed by atoms with Crippen molar-refractivity contribution in [1.29, 1.82) is 0 Å². The summed E-state index contributed by atoms with van der Waals surface area (Å²) in [5.41, 5.74) is 0. The van der Waals surface area contributed by atoms with Crippen LogP contribution in [0.1, 0.15) is 194 Å². The second-order valence-corrected chi connectivity index (χ2v) is 12.3. The van der Waals surface area contributed by atoms with Gasteiger partial charge in [-0.1, -0.05) is 161 Å². The number of carbonyl (C=O) groups excluding carboxylic acids is 1. The summed E-state index contributed by atoms with van der Waals surface area (Å²) in [7, 11) is 0. The van der Waals surface area contributed by atoms with Gasteiger partial charge in [0, 0.05) is 6.42 Å². The Morgan fingerprint density at radius 1 is 0.575 bits per heavy atom. The largest absolute Gasteiger partial charge is 0.394 e. The van der Waals surface area contributed by atoms with E-state index in [0.29, 0.717) is 12.8 Å². The van der Waals surface area contributed by atoms with Crippen molar-refractivity contribution in [3.05, 3.63) is 12.2 Å². The summed E-state index contributed by atoms with van der Waals surface area (Å²) in [6, 6.07) is -0.527. The Labute approximate surface area is 250 Å². The standard InChI is InChI=1S/C36H71NO3/c1-3-5-7-8-9-10-11-12-13-14-15-16-17-18-19-20-21-22-23-24-25-26-27-28-30-32-36(40)37-34(33-38)35(39)31-29-6-4-2/h14-15,34-35,38-39H,3-13,16-33H2,1-2H3,(H,37,40)/b15-14-. The third-order valence-corrected chi connectivity index (χ3v) is 8.28. The molecule has 0 aliphatic carbocycles. The molecule has 3 N–H and O–H groups in total. The first-order valence-electron chi connectivity index (χ1n) is 17.9. The molecule has 1 amide bonds. The zero-order chi connectivity index (χ0) is 29.4. The highest BCUT2D eigenvalue weighted by molar-refractivity contribution is 5.76. The second kappa shape index (κ2) is 32.6. The number of rotatable bonds is 32. The Morgan fingerprint density at radius 2 is 0.950 bits per heavy atom. The van der Waals surface area contributed by atoms with Crippen LogP contribution in [0, 0.1) is 0 Å². The van der Waals surface area contributed by atoms with E-state index in [-0.39, 0.29) is 12.5 Å². The lowest BCUT2D eigenvalue weighted by Gasteiger charge is -2.22. The molecule has 0 aromatic carbocycles. The molecule has 0 heterocycles. The zero-order valence-electron chi connectivity index (χ0n) is 27.1. The van der Waals surface area contributed by atoms with E-state index in [1.807, 2.05) is 0 Å². The van der Waals surface area contributed by atoms with Gasteiger partial charge in [-0.15, -0.1) is 0 Å². The summed E-state index contributed by atoms with van der Waals surface area (Å²) in [5, 5.41) is 22.5. The molecule has 0 spiro atoms. The lowest BCUT2D eigenvalue weighted by atomic mass is 10.0. The predicted octanol–water partition coefficient (Wildman–Crippen LogP) is 10.3. The van der Waals surface area contributed by atoms with E-state index in [4.69, 9.17) is 0 Å². The van der Waals surface area contributed by atoms with E-state index in [1.54, 1.807) is 0 Å². The number of carbonyl (C=O) groups is 1. The number of amides is 1. The lowest BCUT2D eigenvalue weighted by Crippen LogP contribution is -2.45. The Balaban J connectivity index is 3.34. The zero-order valence-corrected chi connectivity index (χ0v) is 27.1. The number of aliphatic hydroxyl groups is 2. The molecule has 0 aromatic rings. The van der Waals surface area contributed by atoms with E-state index in [2.05, 4.69) is 31.3 Å². The van der Waals surface area contributed by atoms with Crippen molar-refractivity contribution in [3.63, 3.8) is 0 Å². The topological polar surface area (TPSA) is 69.6 Å². The van der Waals surface area contributed by atoms with Gasteiger partial charge >= 0.3 is 0 Å². The molecule has 40 heavy (non-hydrogen) atoms. The molecule has 238 valence electrons. The highest BCUT2D eigenvalue weighted by Gasteiger charge is 2.19. The molecule has 0 aliphatic heterocycles. The first-order chi connectivity index (χ1) is 19.7. The van der Waals surface area contributed by atoms with Crippen molar-refractivity contribution < 1.29 is 15.0 Å². The smallest absolute Gasteiger partial charge is 0.220 e. The quantitative estimate of drug-likeness (QED) is 0.0561. The molecule has 0 aliphatic rings. The monoisotopic (exact) mass is 566 g/mol. The molecule has 0 bridgehead atoms. The van der Waals surface area contributed by atoms with Gasteiger partial charge in [0.05, 0.1) is 18.8 Å². The van der Waals surface area contributed by atoms with Gasteiger partial charge < -0.3 is 15.5 Å². The van der Waals surface area contributed by atoms with Crippen molar-refractivity contribution >= 4 is 5.91 Å². The summed E-state index contributed by atoms with van der Waals surface area (Å²) in [4.78, 5) is 12.1. The molecule has 2 atom stereocenters. The molecule has 0 radical (unpaired) electrons. The van der Waals surface area contributed by atoms with E-state index in [9.17, 15) is 15.0 Å². The fourth-order valence-electron chi connectivity index (χ4n) is 5.47. The molecule has 4 heteroatoms. The average Bonchev–Trinajstić information content (AvgIpc) is 2.96. The van der Waals surface area contributed by atoms with Crippen LogP contribution in [-0.2, 0) is 4.79 Å². The van der Waals surface area contributed by atoms with Gasteiger partial charge in [-0.05, 0) is 38.5 Å². The normalized spacial score (nSPS) is 13.2. The molecular weight excluding hydrogens is 494 g/mol. The van der Waals surface area contributed by atoms with Crippen molar-refractivity contribution in [2.45, 2.75) is 206 Å². The van der Waals surface area contributed by atoms with Gasteiger partial charge in [0.15, 0.2) is 0 Å². The van der Waals surface area contributed by atoms with Crippen LogP contribution in [0.2, 0.25) is 0 Å². The molecule has 4 nitrogen and oxygen atoms in total. The molecule has 0 aromatic heterocycles. The lowest BCUT2D eigenvalue weighted by molar-refractivity contribution is -0.123. The van der Waals surface area contributed by atoms with E-state index >= 15 is 0 Å². The van der Waals surface area contributed by atoms with Crippen molar-refractivity contribution in [2.75, 3.05) is 6.61 Å². The minimum absolute atomic E-state index is 0.0425. The fourth-order valence-corrected chi connectivity index (χ4v) is 5.47. The van der Waals surface area contributed by atoms with Crippen LogP contribution in [0.4, 0.5) is 0 Å². The summed E-state index contributed by atoms with van der Waals surface area (Å²) in [5.74, 6) is -0.0425. The average molecular weight is 566 g/mol. The Morgan fingerprint density at radius 3 is 1.38 bits per heavy atom. The Kier molecular flexibility index (Phi) is 31.9. The van der Waals surface area contributed by atoms with Gasteiger partial charge in [-0.3, -0.25) is 4.79 Å². The van der Waals surface area contributed by atoms with E-state index in [0.717, 1.165) is 32.1 Å². The minimum atomic E-state index is -0.651. The number of unbranched alkanes of at least 4 members (excludes halogenated alkanes) is 23. The molecule has 2 unspecified atom stereocenters. The number of allylic oxidation sites excluding steroid dienone is 2. The van der Waals surface area contributed by atoms with Gasteiger partial charge in [0.1, 0.15) is 0 Å². The highest BCUT2D eigenvalue weighted by Crippen LogP contribution is 2.14. The first-order valence-corrected chi connectivity index (χ1v) is 17.9. The summed E-state index contributed by atoms with van der Waals surface area (Å²) >= 11 is 0. The predicted molar refractivity (Wildman–Crippen MR) is 175 cm³/mol. The molecule has 0 saturated carbocycles. The van der Waals surface area contributed by atoms with Crippen LogP contribution >= 0.6 is 0 Å².